The highest BCUT2D eigenvalue weighted by molar-refractivity contribution is 5.76. The van der Waals surface area contributed by atoms with Gasteiger partial charge in [-0.2, -0.15) is 0 Å². The zero-order valence-electron chi connectivity index (χ0n) is 59.6. The highest BCUT2D eigenvalue weighted by Gasteiger charge is 2.46. The first-order valence-electron chi connectivity index (χ1n) is 32.0. The molecule has 0 spiro atoms. The van der Waals surface area contributed by atoms with Crippen LogP contribution in [0.4, 0.5) is 0 Å². The Balaban J connectivity index is 0. The molecule has 0 bridgehead atoms. The molecule has 81 heavy (non-hydrogen) atoms. The summed E-state index contributed by atoms with van der Waals surface area (Å²) in [6.45, 7) is 68.7. The minimum absolute atomic E-state index is 0.0273. The van der Waals surface area contributed by atoms with E-state index in [2.05, 4.69) is 261 Å². The first kappa shape index (κ1) is 80.2. The van der Waals surface area contributed by atoms with Crippen molar-refractivity contribution in [2.45, 2.75) is 328 Å². The van der Waals surface area contributed by atoms with E-state index in [1.807, 2.05) is 41.5 Å². The Morgan fingerprint density at radius 2 is 0.802 bits per heavy atom. The van der Waals surface area contributed by atoms with Gasteiger partial charge < -0.3 is 14.2 Å². The quantitative estimate of drug-likeness (QED) is 0.128. The van der Waals surface area contributed by atoms with Crippen molar-refractivity contribution in [3.63, 3.8) is 0 Å². The molecule has 2 heterocycles. The van der Waals surface area contributed by atoms with Crippen LogP contribution in [0.3, 0.4) is 0 Å². The fraction of sp³-hybridized carbons (Fsp3) is 0.806. The summed E-state index contributed by atoms with van der Waals surface area (Å²) < 4.78 is 16.9. The van der Waals surface area contributed by atoms with E-state index in [-0.39, 0.29) is 51.0 Å². The molecular weight excluding hydrogens is 1000 g/mol. The molecule has 2 aromatic rings. The van der Waals surface area contributed by atoms with Crippen molar-refractivity contribution in [2.24, 2.45) is 10.8 Å². The number of carbonyl (C=O) groups is 2. The normalized spacial score (nSPS) is 17.6. The van der Waals surface area contributed by atoms with E-state index >= 15 is 0 Å². The van der Waals surface area contributed by atoms with Gasteiger partial charge in [-0.05, 0) is 227 Å². The Morgan fingerprint density at radius 1 is 0.494 bits per heavy atom. The summed E-state index contributed by atoms with van der Waals surface area (Å²) in [5, 5.41) is 0. The summed E-state index contributed by atoms with van der Waals surface area (Å²) in [6.07, 6.45) is 8.54. The molecule has 9 nitrogen and oxygen atoms in total. The number of nitrogens with zero attached hydrogens (tertiary/aromatic N) is 4. The van der Waals surface area contributed by atoms with Gasteiger partial charge in [-0.1, -0.05) is 123 Å². The van der Waals surface area contributed by atoms with E-state index < -0.39 is 0 Å². The second-order valence-electron chi connectivity index (χ2n) is 29.5. The maximum Gasteiger partial charge on any atom is 0.311 e. The van der Waals surface area contributed by atoms with Gasteiger partial charge in [0, 0.05) is 72.3 Å². The number of ether oxygens (including phenoxy) is 3. The van der Waals surface area contributed by atoms with E-state index in [1.54, 1.807) is 0 Å². The predicted molar refractivity (Wildman–Crippen MR) is 354 cm³/mol. The lowest BCUT2D eigenvalue weighted by molar-refractivity contribution is -0.169. The van der Waals surface area contributed by atoms with Crippen LogP contribution in [0.15, 0.2) is 60.7 Å². The maximum absolute atomic E-state index is 12.2. The van der Waals surface area contributed by atoms with Crippen molar-refractivity contribution in [3.05, 3.63) is 71.8 Å². The average Bonchev–Trinajstić information content (AvgIpc) is 3.37. The molecule has 2 aliphatic rings. The van der Waals surface area contributed by atoms with E-state index in [4.69, 9.17) is 14.2 Å². The third kappa shape index (κ3) is 28.3. The van der Waals surface area contributed by atoms with Crippen molar-refractivity contribution in [1.29, 1.82) is 0 Å². The molecule has 0 aliphatic carbocycles. The molecule has 0 N–H and O–H groups in total. The van der Waals surface area contributed by atoms with E-state index in [1.165, 1.54) is 24.0 Å². The van der Waals surface area contributed by atoms with Gasteiger partial charge in [-0.15, -0.1) is 0 Å². The van der Waals surface area contributed by atoms with Crippen LogP contribution >= 0.6 is 0 Å². The van der Waals surface area contributed by atoms with Gasteiger partial charge in [0.05, 0.1) is 16.9 Å². The standard InChI is InChI=1S/C16H31NO2.C14H29NO2.C12H25NO.2C11H16.C8H19N/c1-9-14(2,3)13(18)19-12-10-15(4,5)17(8)16(6,7)11-12;1-8-14(6,7)13(16)17-10-9-15(11(2)3)12(4)5;1-7-14-10-8-11(2,3)13(6)12(4,5)9-10;2*1-4-11(2,3)10-8-6-5-7-9-10;1-6-9(7(2)3)8(4)5/h12H,9-11H2,1-8H3;11-12H,8-10H2,1-7H3;10H,7-9H2,1-6H3;2*5-9H,4H2,1-3H3;7-8H,6H2,1-5H3. The number of rotatable bonds is 19. The summed E-state index contributed by atoms with van der Waals surface area (Å²) in [6, 6.07) is 23.7. The Kier molecular flexibility index (Phi) is 35.3. The van der Waals surface area contributed by atoms with E-state index in [0.717, 1.165) is 58.2 Å². The summed E-state index contributed by atoms with van der Waals surface area (Å²) in [7, 11) is 4.39. The highest BCUT2D eigenvalue weighted by atomic mass is 16.5. The van der Waals surface area contributed by atoms with Gasteiger partial charge in [-0.25, -0.2) is 0 Å². The molecule has 0 amide bonds. The first-order chi connectivity index (χ1) is 36.9. The molecular formula is C72H136N4O5. The third-order valence-electron chi connectivity index (χ3n) is 18.6. The van der Waals surface area contributed by atoms with Gasteiger partial charge in [0.25, 0.3) is 0 Å². The predicted octanol–water partition coefficient (Wildman–Crippen LogP) is 18.2. The number of piperidine rings is 2. The van der Waals surface area contributed by atoms with Crippen LogP contribution in [0.25, 0.3) is 0 Å². The Hall–Kier alpha value is -2.82. The summed E-state index contributed by atoms with van der Waals surface area (Å²) >= 11 is 0. The summed E-state index contributed by atoms with van der Waals surface area (Å²) in [4.78, 5) is 33.7. The number of esters is 2. The van der Waals surface area contributed by atoms with Crippen molar-refractivity contribution in [1.82, 2.24) is 19.6 Å². The summed E-state index contributed by atoms with van der Waals surface area (Å²) in [5.41, 5.74) is 3.42. The Bertz CT molecular complexity index is 1880. The second-order valence-corrected chi connectivity index (χ2v) is 29.5. The average molecular weight is 1140 g/mol. The molecule has 9 heteroatoms. The Labute approximate surface area is 504 Å². The van der Waals surface area contributed by atoms with Gasteiger partial charge in [0.15, 0.2) is 0 Å². The van der Waals surface area contributed by atoms with Crippen molar-refractivity contribution in [2.75, 3.05) is 40.4 Å². The molecule has 4 rings (SSSR count). The monoisotopic (exact) mass is 1140 g/mol. The molecule has 0 saturated carbocycles. The zero-order chi connectivity index (χ0) is 63.8. The van der Waals surface area contributed by atoms with Crippen molar-refractivity contribution in [3.8, 4) is 0 Å². The zero-order valence-corrected chi connectivity index (χ0v) is 59.6. The number of benzene rings is 2. The molecule has 0 atom stereocenters. The molecule has 2 aromatic carbocycles. The van der Waals surface area contributed by atoms with Crippen LogP contribution in [0.1, 0.15) is 270 Å². The number of likely N-dealkylation sites (tertiary alicyclic amines) is 2. The maximum atomic E-state index is 12.2. The molecule has 0 radical (unpaired) electrons. The van der Waals surface area contributed by atoms with Gasteiger partial charge in [0.2, 0.25) is 0 Å². The molecule has 474 valence electrons. The van der Waals surface area contributed by atoms with Crippen molar-refractivity contribution >= 4 is 11.9 Å². The van der Waals surface area contributed by atoms with Crippen LogP contribution in [0, 0.1) is 10.8 Å². The highest BCUT2D eigenvalue weighted by Crippen LogP contribution is 2.40. The molecule has 2 saturated heterocycles. The third-order valence-corrected chi connectivity index (χ3v) is 18.6. The number of hydrogen-bond acceptors (Lipinski definition) is 9. The lowest BCUT2D eigenvalue weighted by atomic mass is 9.78. The van der Waals surface area contributed by atoms with Crippen LogP contribution in [0.2, 0.25) is 0 Å². The number of hydrogen-bond donors (Lipinski definition) is 0. The molecule has 0 unspecified atom stereocenters. The lowest BCUT2D eigenvalue weighted by Gasteiger charge is -2.53. The first-order valence-corrected chi connectivity index (χ1v) is 32.0. The van der Waals surface area contributed by atoms with E-state index in [0.29, 0.717) is 47.7 Å². The summed E-state index contributed by atoms with van der Waals surface area (Å²) in [5.74, 6) is -0.149. The minimum atomic E-state index is -0.377. The topological polar surface area (TPSA) is 74.8 Å². The van der Waals surface area contributed by atoms with Gasteiger partial charge >= 0.3 is 11.9 Å². The SMILES string of the molecule is CCC(C)(C)C(=O)OC1CC(C)(C)N(C)C(C)(C)C1.CCC(C)(C)C(=O)OCCN(C(C)C)C(C)C.CCC(C)(C)c1ccccc1.CCC(C)(C)c1ccccc1.CCN(C(C)C)C(C)C.CCOC1CC(C)(C)N(C)C(C)(C)C1. The molecule has 2 fully saturated rings. The largest absolute Gasteiger partial charge is 0.464 e. The van der Waals surface area contributed by atoms with Crippen LogP contribution in [0.5, 0.6) is 0 Å². The fourth-order valence-electron chi connectivity index (χ4n) is 10.7. The lowest BCUT2D eigenvalue weighted by Crippen LogP contribution is -2.60. The van der Waals surface area contributed by atoms with Crippen molar-refractivity contribution < 1.29 is 23.8 Å². The van der Waals surface area contributed by atoms with Crippen LogP contribution in [-0.4, -0.2) is 130 Å². The molecule has 2 aliphatic heterocycles. The van der Waals surface area contributed by atoms with E-state index in [9.17, 15) is 9.59 Å². The molecule has 0 aromatic heterocycles. The van der Waals surface area contributed by atoms with Gasteiger partial charge in [-0.3, -0.25) is 29.2 Å². The Morgan fingerprint density at radius 3 is 1.06 bits per heavy atom. The smallest absolute Gasteiger partial charge is 0.311 e. The number of carbonyl (C=O) groups excluding carboxylic acids is 2. The fourth-order valence-corrected chi connectivity index (χ4v) is 10.7. The van der Waals surface area contributed by atoms with Crippen LogP contribution < -0.4 is 0 Å². The van der Waals surface area contributed by atoms with Gasteiger partial charge in [0.1, 0.15) is 12.7 Å². The minimum Gasteiger partial charge on any atom is -0.464 e. The second kappa shape index (κ2) is 35.6. The van der Waals surface area contributed by atoms with Crippen LogP contribution in [-0.2, 0) is 34.6 Å².